The van der Waals surface area contributed by atoms with Crippen LogP contribution in [0.3, 0.4) is 0 Å². The number of carbonyl (C=O) groups excluding carboxylic acids is 1. The first-order chi connectivity index (χ1) is 15.6. The Kier molecular flexibility index (Phi) is 10.3. The highest BCUT2D eigenvalue weighted by Crippen LogP contribution is 2.32. The first-order valence-electron chi connectivity index (χ1n) is 11.0. The molecule has 1 aromatic heterocycles. The summed E-state index contributed by atoms with van der Waals surface area (Å²) in [5, 5.41) is 1.08. The average Bonchev–Trinajstić information content (AvgIpc) is 3.19. The minimum atomic E-state index is -3.60. The van der Waals surface area contributed by atoms with Crippen molar-refractivity contribution in [1.29, 1.82) is 0 Å². The number of likely N-dealkylation sites (N-methyl/N-ethyl adjacent to an activating group) is 1. The maximum atomic E-state index is 13.3. The quantitative estimate of drug-likeness (QED) is 0.336. The summed E-state index contributed by atoms with van der Waals surface area (Å²) >= 11 is 7.35. The summed E-state index contributed by atoms with van der Waals surface area (Å²) in [6, 6.07) is 10.1. The highest BCUT2D eigenvalue weighted by Gasteiger charge is 2.24. The summed E-state index contributed by atoms with van der Waals surface area (Å²) in [7, 11) is -3.60. The SMILES string of the molecule is CCN(CC)CCN(C(=O)CCS(=O)(=O)c1ccc(Cl)cc1)c1nc2cc(C)cc(C)c2s1.Cl. The molecule has 1 heterocycles. The summed E-state index contributed by atoms with van der Waals surface area (Å²) in [6.07, 6.45) is -0.114. The molecule has 0 saturated carbocycles. The zero-order valence-electron chi connectivity index (χ0n) is 19.9. The van der Waals surface area contributed by atoms with Crippen LogP contribution in [0.4, 0.5) is 5.13 Å². The van der Waals surface area contributed by atoms with Crippen molar-refractivity contribution in [3.63, 3.8) is 0 Å². The fourth-order valence-corrected chi connectivity index (χ4v) is 6.12. The van der Waals surface area contributed by atoms with E-state index in [0.29, 0.717) is 23.2 Å². The van der Waals surface area contributed by atoms with Gasteiger partial charge in [0, 0.05) is 24.5 Å². The average molecular weight is 545 g/mol. The van der Waals surface area contributed by atoms with E-state index < -0.39 is 9.84 Å². The molecule has 34 heavy (non-hydrogen) atoms. The first-order valence-corrected chi connectivity index (χ1v) is 13.9. The fraction of sp³-hybridized carbons (Fsp3) is 0.417. The molecule has 0 unspecified atom stereocenters. The molecule has 3 aromatic rings. The van der Waals surface area contributed by atoms with E-state index in [4.69, 9.17) is 16.6 Å². The molecule has 0 atom stereocenters. The number of halogens is 2. The summed E-state index contributed by atoms with van der Waals surface area (Å²) in [5.41, 5.74) is 3.10. The Morgan fingerprint density at radius 3 is 2.32 bits per heavy atom. The molecular weight excluding hydrogens is 513 g/mol. The highest BCUT2D eigenvalue weighted by atomic mass is 35.5. The molecular formula is C24H31Cl2N3O3S2. The molecule has 0 bridgehead atoms. The van der Waals surface area contributed by atoms with E-state index in [0.717, 1.165) is 34.4 Å². The van der Waals surface area contributed by atoms with Crippen LogP contribution in [0.1, 0.15) is 31.4 Å². The van der Waals surface area contributed by atoms with Crippen LogP contribution in [0.25, 0.3) is 10.2 Å². The monoisotopic (exact) mass is 543 g/mol. The number of benzene rings is 2. The van der Waals surface area contributed by atoms with Crippen LogP contribution in [-0.2, 0) is 14.6 Å². The maximum Gasteiger partial charge on any atom is 0.229 e. The third-order valence-corrected chi connectivity index (χ3v) is 8.85. The van der Waals surface area contributed by atoms with Crippen molar-refractivity contribution in [1.82, 2.24) is 9.88 Å². The van der Waals surface area contributed by atoms with Gasteiger partial charge in [-0.15, -0.1) is 12.4 Å². The molecule has 0 aliphatic rings. The summed E-state index contributed by atoms with van der Waals surface area (Å²) in [5.74, 6) is -0.508. The Hall–Kier alpha value is -1.71. The normalized spacial score (nSPS) is 11.6. The number of amides is 1. The van der Waals surface area contributed by atoms with Gasteiger partial charge in [0.25, 0.3) is 0 Å². The van der Waals surface area contributed by atoms with Gasteiger partial charge in [0.2, 0.25) is 5.91 Å². The van der Waals surface area contributed by atoms with E-state index in [1.165, 1.54) is 35.6 Å². The second-order valence-corrected chi connectivity index (χ2v) is 11.5. The Morgan fingerprint density at radius 1 is 1.06 bits per heavy atom. The molecule has 6 nitrogen and oxygen atoms in total. The number of thiazole rings is 1. The minimum Gasteiger partial charge on any atom is -0.302 e. The number of rotatable bonds is 10. The third kappa shape index (κ3) is 6.92. The number of hydrogen-bond acceptors (Lipinski definition) is 6. The van der Waals surface area contributed by atoms with Crippen LogP contribution in [-0.4, -0.2) is 56.1 Å². The van der Waals surface area contributed by atoms with Crippen molar-refractivity contribution in [2.75, 3.05) is 36.8 Å². The summed E-state index contributed by atoms with van der Waals surface area (Å²) in [6.45, 7) is 11.1. The van der Waals surface area contributed by atoms with Gasteiger partial charge in [-0.2, -0.15) is 0 Å². The zero-order chi connectivity index (χ0) is 24.2. The van der Waals surface area contributed by atoms with Crippen LogP contribution in [0.2, 0.25) is 5.02 Å². The predicted octanol–water partition coefficient (Wildman–Crippen LogP) is 5.53. The molecule has 0 radical (unpaired) electrons. The largest absolute Gasteiger partial charge is 0.302 e. The lowest BCUT2D eigenvalue weighted by Crippen LogP contribution is -2.39. The third-order valence-electron chi connectivity index (χ3n) is 5.63. The summed E-state index contributed by atoms with van der Waals surface area (Å²) < 4.78 is 26.6. The lowest BCUT2D eigenvalue weighted by molar-refractivity contribution is -0.118. The molecule has 2 aromatic carbocycles. The van der Waals surface area contributed by atoms with Crippen molar-refractivity contribution in [2.24, 2.45) is 0 Å². The van der Waals surface area contributed by atoms with Crippen LogP contribution in [0.15, 0.2) is 41.3 Å². The van der Waals surface area contributed by atoms with Crippen molar-refractivity contribution in [2.45, 2.75) is 39.0 Å². The van der Waals surface area contributed by atoms with Crippen LogP contribution in [0, 0.1) is 13.8 Å². The molecule has 10 heteroatoms. The molecule has 0 N–H and O–H groups in total. The Morgan fingerprint density at radius 2 is 1.71 bits per heavy atom. The number of sulfone groups is 1. The number of aromatic nitrogens is 1. The predicted molar refractivity (Wildman–Crippen MR) is 145 cm³/mol. The van der Waals surface area contributed by atoms with Crippen molar-refractivity contribution in [3.8, 4) is 0 Å². The van der Waals surface area contributed by atoms with Gasteiger partial charge in [-0.3, -0.25) is 9.69 Å². The van der Waals surface area contributed by atoms with Crippen LogP contribution < -0.4 is 4.90 Å². The molecule has 0 aliphatic heterocycles. The summed E-state index contributed by atoms with van der Waals surface area (Å²) in [4.78, 5) is 22.1. The van der Waals surface area contributed by atoms with Crippen LogP contribution in [0.5, 0.6) is 0 Å². The lowest BCUT2D eigenvalue weighted by Gasteiger charge is -2.24. The number of aryl methyl sites for hydroxylation is 2. The molecule has 0 saturated heterocycles. The zero-order valence-corrected chi connectivity index (χ0v) is 23.1. The van der Waals surface area contributed by atoms with E-state index in [1.54, 1.807) is 4.90 Å². The lowest BCUT2D eigenvalue weighted by atomic mass is 10.1. The van der Waals surface area contributed by atoms with E-state index in [-0.39, 0.29) is 35.4 Å². The molecule has 186 valence electrons. The molecule has 0 aliphatic carbocycles. The van der Waals surface area contributed by atoms with Gasteiger partial charge in [0.15, 0.2) is 15.0 Å². The van der Waals surface area contributed by atoms with Gasteiger partial charge in [0.05, 0.1) is 20.9 Å². The molecule has 0 spiro atoms. The number of hydrogen-bond donors (Lipinski definition) is 0. The molecule has 1 amide bonds. The van der Waals surface area contributed by atoms with Gasteiger partial charge in [-0.25, -0.2) is 13.4 Å². The van der Waals surface area contributed by atoms with E-state index in [9.17, 15) is 13.2 Å². The van der Waals surface area contributed by atoms with Crippen LogP contribution >= 0.6 is 35.3 Å². The van der Waals surface area contributed by atoms with Gasteiger partial charge < -0.3 is 4.90 Å². The van der Waals surface area contributed by atoms with Gasteiger partial charge in [-0.05, 0) is 68.4 Å². The maximum absolute atomic E-state index is 13.3. The number of nitrogens with zero attached hydrogens (tertiary/aromatic N) is 3. The Labute approximate surface area is 217 Å². The van der Waals surface area contributed by atoms with Gasteiger partial charge in [0.1, 0.15) is 0 Å². The first kappa shape index (κ1) is 28.5. The fourth-order valence-electron chi connectivity index (χ4n) is 3.71. The Balaban J connectivity index is 0.00000408. The highest BCUT2D eigenvalue weighted by molar-refractivity contribution is 7.91. The topological polar surface area (TPSA) is 70.6 Å². The smallest absolute Gasteiger partial charge is 0.229 e. The Bertz CT molecular complexity index is 1220. The van der Waals surface area contributed by atoms with E-state index >= 15 is 0 Å². The number of anilines is 1. The van der Waals surface area contributed by atoms with Crippen molar-refractivity contribution < 1.29 is 13.2 Å². The van der Waals surface area contributed by atoms with Gasteiger partial charge in [-0.1, -0.05) is 42.9 Å². The van der Waals surface area contributed by atoms with Crippen molar-refractivity contribution in [3.05, 3.63) is 52.5 Å². The standard InChI is InChI=1S/C24H30ClN3O3S2.ClH/c1-5-27(6-2)12-13-28(24-26-21-16-17(3)15-18(4)23(21)32-24)22(29)11-14-33(30,31)20-9-7-19(25)8-10-20;/h7-10,15-16H,5-6,11-14H2,1-4H3;1H. The number of fused-ring (bicyclic) bond motifs is 1. The minimum absolute atomic E-state index is 0. The van der Waals surface area contributed by atoms with E-state index in [2.05, 4.69) is 24.8 Å². The van der Waals surface area contributed by atoms with Gasteiger partial charge >= 0.3 is 0 Å². The molecule has 3 rings (SSSR count). The van der Waals surface area contributed by atoms with E-state index in [1.807, 2.05) is 19.9 Å². The van der Waals surface area contributed by atoms with Crippen molar-refractivity contribution >= 4 is 66.4 Å². The molecule has 0 fully saturated rings. The second kappa shape index (κ2) is 12.3. The second-order valence-electron chi connectivity index (χ2n) is 8.02. The number of carbonyl (C=O) groups is 1.